The van der Waals surface area contributed by atoms with Crippen molar-refractivity contribution in [2.24, 2.45) is 0 Å². The number of phosphoric acid groups is 1. The van der Waals surface area contributed by atoms with E-state index in [-0.39, 0.29) is 32.0 Å². The van der Waals surface area contributed by atoms with Crippen LogP contribution in [0.4, 0.5) is 0 Å². The Balaban J connectivity index is 4.02. The van der Waals surface area contributed by atoms with Gasteiger partial charge < -0.3 is 18.9 Å². The minimum absolute atomic E-state index is 0.0275. The Hall–Kier alpha value is -3.85. The highest BCUT2D eigenvalue weighted by molar-refractivity contribution is 7.47. The monoisotopic (exact) mass is 1240 g/mol. The summed E-state index contributed by atoms with van der Waals surface area (Å²) in [7, 11) is 1.47. The van der Waals surface area contributed by atoms with E-state index in [1.165, 1.54) is 154 Å². The number of rotatable bonds is 65. The molecule has 0 aliphatic rings. The van der Waals surface area contributed by atoms with Crippen molar-refractivity contribution in [3.63, 3.8) is 0 Å². The molecule has 0 amide bonds. The molecule has 9 nitrogen and oxygen atoms in total. The van der Waals surface area contributed by atoms with E-state index < -0.39 is 26.5 Å². The van der Waals surface area contributed by atoms with E-state index >= 15 is 0 Å². The van der Waals surface area contributed by atoms with Crippen molar-refractivity contribution in [2.75, 3.05) is 47.5 Å². The van der Waals surface area contributed by atoms with E-state index in [9.17, 15) is 19.0 Å². The smallest absolute Gasteiger partial charge is 0.462 e. The highest BCUT2D eigenvalue weighted by atomic mass is 31.2. The third kappa shape index (κ3) is 71.2. The molecule has 0 rings (SSSR count). The van der Waals surface area contributed by atoms with Crippen molar-refractivity contribution in [1.82, 2.24) is 0 Å². The maximum Gasteiger partial charge on any atom is 0.472 e. The highest BCUT2D eigenvalue weighted by Crippen LogP contribution is 2.43. The summed E-state index contributed by atoms with van der Waals surface area (Å²) in [5, 5.41) is 0. The molecule has 0 bridgehead atoms. The molecule has 0 aromatic carbocycles. The average molecular weight is 1250 g/mol. The second kappa shape index (κ2) is 67.5. The molecule has 10 heteroatoms. The quantitative estimate of drug-likeness (QED) is 0.0211. The number of carbonyl (C=O) groups excluding carboxylic acids is 2. The summed E-state index contributed by atoms with van der Waals surface area (Å²) in [6, 6.07) is 0. The summed E-state index contributed by atoms with van der Waals surface area (Å²) in [5.74, 6) is -0.796. The van der Waals surface area contributed by atoms with E-state index in [2.05, 4.69) is 148 Å². The van der Waals surface area contributed by atoms with Crippen LogP contribution in [0.5, 0.6) is 0 Å². The van der Waals surface area contributed by atoms with E-state index in [4.69, 9.17) is 18.5 Å². The van der Waals surface area contributed by atoms with Gasteiger partial charge in [-0.2, -0.15) is 0 Å². The topological polar surface area (TPSA) is 108 Å². The molecule has 2 atom stereocenters. The molecule has 0 fully saturated rings. The second-order valence-electron chi connectivity index (χ2n) is 24.9. The first-order valence-corrected chi connectivity index (χ1v) is 37.4. The molecular formula is C78H135NO8P+. The molecule has 2 unspecified atom stereocenters. The Morgan fingerprint density at radius 1 is 0.352 bits per heavy atom. The predicted octanol–water partition coefficient (Wildman–Crippen LogP) is 23.6. The van der Waals surface area contributed by atoms with E-state index in [0.29, 0.717) is 17.4 Å². The zero-order chi connectivity index (χ0) is 64.1. The fourth-order valence-electron chi connectivity index (χ4n) is 9.75. The van der Waals surface area contributed by atoms with Gasteiger partial charge in [0, 0.05) is 12.8 Å². The van der Waals surface area contributed by atoms with Crippen molar-refractivity contribution in [2.45, 2.75) is 302 Å². The number of carbonyl (C=O) groups is 2. The van der Waals surface area contributed by atoms with Crippen molar-refractivity contribution >= 4 is 19.8 Å². The van der Waals surface area contributed by atoms with Gasteiger partial charge in [-0.3, -0.25) is 18.6 Å². The lowest BCUT2D eigenvalue weighted by atomic mass is 10.0. The van der Waals surface area contributed by atoms with Gasteiger partial charge in [-0.05, 0) is 109 Å². The molecule has 504 valence electrons. The summed E-state index contributed by atoms with van der Waals surface area (Å²) >= 11 is 0. The molecule has 0 aromatic heterocycles. The largest absolute Gasteiger partial charge is 0.472 e. The zero-order valence-corrected chi connectivity index (χ0v) is 58.3. The number of likely N-dealkylation sites (N-methyl/N-ethyl adjacent to an activating group) is 1. The maximum atomic E-state index is 12.9. The van der Waals surface area contributed by atoms with Gasteiger partial charge in [-0.25, -0.2) is 4.57 Å². The van der Waals surface area contributed by atoms with Gasteiger partial charge >= 0.3 is 19.8 Å². The molecular weight excluding hydrogens is 1110 g/mol. The van der Waals surface area contributed by atoms with Gasteiger partial charge in [0.25, 0.3) is 0 Å². The summed E-state index contributed by atoms with van der Waals surface area (Å²) in [6.07, 6.45) is 98.4. The minimum atomic E-state index is -4.40. The fourth-order valence-corrected chi connectivity index (χ4v) is 10.5. The number of hydrogen-bond acceptors (Lipinski definition) is 7. The third-order valence-electron chi connectivity index (χ3n) is 15.2. The number of ether oxygens (including phenoxy) is 2. The van der Waals surface area contributed by atoms with Crippen molar-refractivity contribution in [3.05, 3.63) is 134 Å². The molecule has 0 saturated heterocycles. The lowest BCUT2D eigenvalue weighted by Crippen LogP contribution is -2.37. The lowest BCUT2D eigenvalue weighted by Gasteiger charge is -2.24. The maximum absolute atomic E-state index is 12.9. The average Bonchev–Trinajstić information content (AvgIpc) is 3.68. The van der Waals surface area contributed by atoms with Gasteiger partial charge in [0.15, 0.2) is 6.10 Å². The lowest BCUT2D eigenvalue weighted by molar-refractivity contribution is -0.870. The van der Waals surface area contributed by atoms with Crippen LogP contribution in [0.15, 0.2) is 134 Å². The van der Waals surface area contributed by atoms with Gasteiger partial charge in [-0.1, -0.05) is 308 Å². The van der Waals surface area contributed by atoms with Crippen LogP contribution < -0.4 is 0 Å². The van der Waals surface area contributed by atoms with Gasteiger partial charge in [0.1, 0.15) is 19.8 Å². The Labute approximate surface area is 542 Å². The SMILES string of the molecule is CC/C=C\C/C=C\C/C=C\C/C=C\C/C=C\C/C=C\C/C=C\CCCCCCCCCCCCCCCCCCCC(=O)OC(COC(=O)CCCCCCCCCCCCCC/C=C\C/C=C\C/C=C\C/C=C\CC)COP(=O)(O)OCC[N+](C)(C)C. The van der Waals surface area contributed by atoms with E-state index in [1.807, 2.05) is 21.1 Å². The molecule has 0 spiro atoms. The van der Waals surface area contributed by atoms with Crippen LogP contribution in [0.1, 0.15) is 296 Å². The van der Waals surface area contributed by atoms with Gasteiger partial charge in [0.05, 0.1) is 27.7 Å². The van der Waals surface area contributed by atoms with E-state index in [0.717, 1.165) is 109 Å². The van der Waals surface area contributed by atoms with Crippen LogP contribution in [0, 0.1) is 0 Å². The number of nitrogens with zero attached hydrogens (tertiary/aromatic N) is 1. The van der Waals surface area contributed by atoms with Crippen LogP contribution in [0.25, 0.3) is 0 Å². The highest BCUT2D eigenvalue weighted by Gasteiger charge is 2.27. The summed E-state index contributed by atoms with van der Waals surface area (Å²) < 4.78 is 34.7. The second-order valence-corrected chi connectivity index (χ2v) is 26.3. The molecule has 0 heterocycles. The van der Waals surface area contributed by atoms with Gasteiger partial charge in [0.2, 0.25) is 0 Å². The number of unbranched alkanes of at least 4 members (excludes halogenated alkanes) is 29. The predicted molar refractivity (Wildman–Crippen MR) is 381 cm³/mol. The van der Waals surface area contributed by atoms with Gasteiger partial charge in [-0.15, -0.1) is 0 Å². The van der Waals surface area contributed by atoms with Crippen LogP contribution in [-0.4, -0.2) is 74.9 Å². The Bertz CT molecular complexity index is 1950. The first-order chi connectivity index (χ1) is 43.0. The van der Waals surface area contributed by atoms with Crippen LogP contribution in [0.3, 0.4) is 0 Å². The Kier molecular flexibility index (Phi) is 64.6. The molecule has 0 aliphatic carbocycles. The molecule has 0 aliphatic heterocycles. The minimum Gasteiger partial charge on any atom is -0.462 e. The molecule has 88 heavy (non-hydrogen) atoms. The fraction of sp³-hybridized carbons (Fsp3) is 0.692. The number of phosphoric ester groups is 1. The normalized spacial score (nSPS) is 13.9. The zero-order valence-electron chi connectivity index (χ0n) is 57.4. The number of esters is 2. The molecule has 0 radical (unpaired) electrons. The molecule has 0 aromatic rings. The standard InChI is InChI=1S/C78H134NO8P/c1-6-8-10-12-14-16-18-20-22-24-26-28-30-32-33-34-35-36-37-38-39-40-41-42-43-44-45-47-49-51-53-55-57-59-61-63-65-67-69-71-78(81)87-76(75-86-88(82,83)85-73-72-79(3,4)5)74-84-77(80)70-68-66-64-62-60-58-56-54-52-50-48-46-31-29-27-25-23-21-19-17-15-13-11-9-7-2/h8-11,14-17,20-23,26-29,32-33,35-36,38-39,76H,6-7,12-13,18-19,24-25,30-31,34,37,40-75H2,1-5H3/p+1/b10-8-,11-9-,16-14-,17-15-,22-20-,23-21-,28-26-,29-27-,33-32-,36-35-,39-38-. The summed E-state index contributed by atoms with van der Waals surface area (Å²) in [4.78, 5) is 35.9. The number of quaternary nitrogens is 1. The first-order valence-electron chi connectivity index (χ1n) is 35.9. The van der Waals surface area contributed by atoms with Crippen LogP contribution in [0.2, 0.25) is 0 Å². The van der Waals surface area contributed by atoms with Crippen molar-refractivity contribution < 1.29 is 42.1 Å². The van der Waals surface area contributed by atoms with Crippen LogP contribution >= 0.6 is 7.82 Å². The van der Waals surface area contributed by atoms with E-state index in [1.54, 1.807) is 0 Å². The third-order valence-corrected chi connectivity index (χ3v) is 16.2. The summed E-state index contributed by atoms with van der Waals surface area (Å²) in [5.41, 5.74) is 0. The number of hydrogen-bond donors (Lipinski definition) is 1. The number of allylic oxidation sites excluding steroid dienone is 22. The van der Waals surface area contributed by atoms with Crippen molar-refractivity contribution in [1.29, 1.82) is 0 Å². The van der Waals surface area contributed by atoms with Crippen LogP contribution in [-0.2, 0) is 32.7 Å². The van der Waals surface area contributed by atoms with Crippen molar-refractivity contribution in [3.8, 4) is 0 Å². The molecule has 1 N–H and O–H groups in total. The Morgan fingerprint density at radius 2 is 0.614 bits per heavy atom. The Morgan fingerprint density at radius 3 is 0.909 bits per heavy atom. The summed E-state index contributed by atoms with van der Waals surface area (Å²) in [6.45, 7) is 4.22. The molecule has 0 saturated carbocycles. The first kappa shape index (κ1) is 84.2.